The molecule has 1 aliphatic rings. The van der Waals surface area contributed by atoms with Gasteiger partial charge in [-0.2, -0.15) is 0 Å². The number of sulfonamides is 1. The summed E-state index contributed by atoms with van der Waals surface area (Å²) in [7, 11) is -3.64. The third-order valence-electron chi connectivity index (χ3n) is 3.59. The molecule has 0 radical (unpaired) electrons. The van der Waals surface area contributed by atoms with Crippen molar-refractivity contribution in [2.45, 2.75) is 37.7 Å². The third-order valence-corrected chi connectivity index (χ3v) is 4.89. The number of carbonyl (C=O) groups excluding carboxylic acids is 1. The molecule has 0 spiro atoms. The Morgan fingerprint density at radius 3 is 2.84 bits per heavy atom. The van der Waals surface area contributed by atoms with E-state index in [0.717, 1.165) is 19.3 Å². The topological polar surface area (TPSA) is 76.4 Å². The van der Waals surface area contributed by atoms with Crippen LogP contribution in [0.4, 0.5) is 0 Å². The van der Waals surface area contributed by atoms with Gasteiger partial charge in [-0.15, -0.1) is 0 Å². The number of hydrogen-bond donors (Lipinski definition) is 1. The van der Waals surface area contributed by atoms with Gasteiger partial charge in [-0.1, -0.05) is 19.8 Å². The Kier molecular flexibility index (Phi) is 4.42. The van der Waals surface area contributed by atoms with E-state index in [1.807, 2.05) is 0 Å². The first-order valence-corrected chi connectivity index (χ1v) is 8.04. The Labute approximate surface area is 113 Å². The van der Waals surface area contributed by atoms with Gasteiger partial charge < -0.3 is 4.42 Å². The van der Waals surface area contributed by atoms with Crippen molar-refractivity contribution in [1.29, 1.82) is 0 Å². The Bertz CT molecular complexity index is 535. The summed E-state index contributed by atoms with van der Waals surface area (Å²) >= 11 is 0. The molecule has 6 heteroatoms. The van der Waals surface area contributed by atoms with Gasteiger partial charge in [0.05, 0.1) is 0 Å². The van der Waals surface area contributed by atoms with Gasteiger partial charge in [0.2, 0.25) is 5.09 Å². The molecule has 19 heavy (non-hydrogen) atoms. The molecule has 1 fully saturated rings. The zero-order chi connectivity index (χ0) is 13.9. The molecule has 106 valence electrons. The summed E-state index contributed by atoms with van der Waals surface area (Å²) in [5.41, 5.74) is 0. The minimum Gasteiger partial charge on any atom is -0.440 e. The fourth-order valence-electron chi connectivity index (χ4n) is 2.59. The number of nitrogens with one attached hydrogen (secondary N) is 1. The molecule has 1 aromatic rings. The highest BCUT2D eigenvalue weighted by molar-refractivity contribution is 7.89. The molecule has 0 amide bonds. The minimum atomic E-state index is -3.64. The Morgan fingerprint density at radius 1 is 1.42 bits per heavy atom. The van der Waals surface area contributed by atoms with Crippen molar-refractivity contribution in [3.8, 4) is 0 Å². The largest absolute Gasteiger partial charge is 0.440 e. The third kappa shape index (κ3) is 3.67. The van der Waals surface area contributed by atoms with Gasteiger partial charge in [-0.05, 0) is 36.8 Å². The standard InChI is InChI=1S/C13H19NO4S/c1-10-3-2-4-11(7-10)8-14-19(16,17)13-6-5-12(9-15)18-13/h5-6,9-11,14H,2-4,7-8H2,1H3. The van der Waals surface area contributed by atoms with Crippen LogP contribution >= 0.6 is 0 Å². The smallest absolute Gasteiger partial charge is 0.273 e. The summed E-state index contributed by atoms with van der Waals surface area (Å²) in [5.74, 6) is 1.07. The van der Waals surface area contributed by atoms with E-state index in [1.165, 1.54) is 18.6 Å². The first-order chi connectivity index (χ1) is 9.01. The van der Waals surface area contributed by atoms with E-state index in [9.17, 15) is 13.2 Å². The molecule has 1 N–H and O–H groups in total. The van der Waals surface area contributed by atoms with Crippen LogP contribution in [0.3, 0.4) is 0 Å². The van der Waals surface area contributed by atoms with E-state index >= 15 is 0 Å². The summed E-state index contributed by atoms with van der Waals surface area (Å²) in [6.45, 7) is 2.63. The zero-order valence-corrected chi connectivity index (χ0v) is 11.8. The summed E-state index contributed by atoms with van der Waals surface area (Å²) in [6, 6.07) is 2.65. The number of hydrogen-bond acceptors (Lipinski definition) is 4. The number of rotatable bonds is 5. The lowest BCUT2D eigenvalue weighted by Crippen LogP contribution is -2.31. The van der Waals surface area contributed by atoms with Gasteiger partial charge in [-0.3, -0.25) is 4.79 Å². The van der Waals surface area contributed by atoms with E-state index < -0.39 is 10.0 Å². The van der Waals surface area contributed by atoms with E-state index in [0.29, 0.717) is 24.7 Å². The lowest BCUT2D eigenvalue weighted by molar-refractivity contribution is 0.109. The van der Waals surface area contributed by atoms with Crippen LogP contribution in [0.2, 0.25) is 0 Å². The predicted octanol–water partition coefficient (Wildman–Crippen LogP) is 2.20. The minimum absolute atomic E-state index is 0.0201. The van der Waals surface area contributed by atoms with Crippen LogP contribution in [0.5, 0.6) is 0 Å². The predicted molar refractivity (Wildman–Crippen MR) is 70.4 cm³/mol. The Balaban J connectivity index is 1.95. The van der Waals surface area contributed by atoms with Crippen molar-refractivity contribution in [3.63, 3.8) is 0 Å². The van der Waals surface area contributed by atoms with E-state index in [1.54, 1.807) is 0 Å². The van der Waals surface area contributed by atoms with Crippen molar-refractivity contribution in [2.75, 3.05) is 6.54 Å². The molecule has 1 aliphatic carbocycles. The maximum atomic E-state index is 12.0. The second-order valence-corrected chi connectivity index (χ2v) is 6.96. The average Bonchev–Trinajstić information content (AvgIpc) is 2.86. The molecule has 5 nitrogen and oxygen atoms in total. The van der Waals surface area contributed by atoms with Crippen molar-refractivity contribution in [3.05, 3.63) is 17.9 Å². The molecule has 0 aromatic carbocycles. The van der Waals surface area contributed by atoms with Crippen molar-refractivity contribution in [2.24, 2.45) is 11.8 Å². The first-order valence-electron chi connectivity index (χ1n) is 6.56. The number of carbonyl (C=O) groups is 1. The highest BCUT2D eigenvalue weighted by atomic mass is 32.2. The summed E-state index contributed by atoms with van der Waals surface area (Å²) in [4.78, 5) is 10.5. The van der Waals surface area contributed by atoms with Gasteiger partial charge in [0.25, 0.3) is 10.0 Å². The molecular weight excluding hydrogens is 266 g/mol. The molecular formula is C13H19NO4S. The monoisotopic (exact) mass is 285 g/mol. The molecule has 1 saturated carbocycles. The lowest BCUT2D eigenvalue weighted by atomic mass is 9.83. The number of aldehydes is 1. The quantitative estimate of drug-likeness (QED) is 0.841. The van der Waals surface area contributed by atoms with Crippen LogP contribution in [-0.4, -0.2) is 21.2 Å². The van der Waals surface area contributed by atoms with Crippen LogP contribution in [-0.2, 0) is 10.0 Å². The maximum absolute atomic E-state index is 12.0. The molecule has 2 rings (SSSR count). The van der Waals surface area contributed by atoms with Crippen molar-refractivity contribution < 1.29 is 17.6 Å². The Hall–Kier alpha value is -1.14. The average molecular weight is 285 g/mol. The fourth-order valence-corrected chi connectivity index (χ4v) is 3.64. The summed E-state index contributed by atoms with van der Waals surface area (Å²) in [6.07, 6.45) is 4.99. The molecule has 1 heterocycles. The molecule has 0 bridgehead atoms. The van der Waals surface area contributed by atoms with Crippen LogP contribution in [0.25, 0.3) is 0 Å². The summed E-state index contributed by atoms with van der Waals surface area (Å²) < 4.78 is 31.4. The number of furan rings is 1. The van der Waals surface area contributed by atoms with Gasteiger partial charge in [-0.25, -0.2) is 13.1 Å². The molecule has 2 unspecified atom stereocenters. The fraction of sp³-hybridized carbons (Fsp3) is 0.615. The zero-order valence-electron chi connectivity index (χ0n) is 11.0. The SMILES string of the molecule is CC1CCCC(CNS(=O)(=O)c2ccc(C=O)o2)C1. The van der Waals surface area contributed by atoms with Crippen LogP contribution in [0.1, 0.15) is 43.2 Å². The van der Waals surface area contributed by atoms with Crippen LogP contribution < -0.4 is 4.72 Å². The normalized spacial score (nSPS) is 24.3. The lowest BCUT2D eigenvalue weighted by Gasteiger charge is -2.26. The second kappa shape index (κ2) is 5.88. The van der Waals surface area contributed by atoms with Crippen LogP contribution in [0, 0.1) is 11.8 Å². The van der Waals surface area contributed by atoms with Crippen molar-refractivity contribution >= 4 is 16.3 Å². The van der Waals surface area contributed by atoms with Gasteiger partial charge in [0.1, 0.15) is 0 Å². The van der Waals surface area contributed by atoms with E-state index in [4.69, 9.17) is 4.42 Å². The molecule has 0 aliphatic heterocycles. The maximum Gasteiger partial charge on any atom is 0.273 e. The first kappa shape index (κ1) is 14.3. The Morgan fingerprint density at radius 2 is 2.21 bits per heavy atom. The molecule has 0 saturated heterocycles. The molecule has 2 atom stereocenters. The van der Waals surface area contributed by atoms with Gasteiger partial charge in [0, 0.05) is 6.54 Å². The van der Waals surface area contributed by atoms with Gasteiger partial charge in [0.15, 0.2) is 12.0 Å². The highest BCUT2D eigenvalue weighted by Gasteiger charge is 2.23. The highest BCUT2D eigenvalue weighted by Crippen LogP contribution is 2.28. The second-order valence-electron chi connectivity index (χ2n) is 5.26. The van der Waals surface area contributed by atoms with Crippen LogP contribution in [0.15, 0.2) is 21.6 Å². The summed E-state index contributed by atoms with van der Waals surface area (Å²) in [5, 5.41) is -0.196. The van der Waals surface area contributed by atoms with Crippen molar-refractivity contribution in [1.82, 2.24) is 4.72 Å². The molecule has 1 aromatic heterocycles. The van der Waals surface area contributed by atoms with Gasteiger partial charge >= 0.3 is 0 Å². The van der Waals surface area contributed by atoms with E-state index in [-0.39, 0.29) is 10.9 Å². The van der Waals surface area contributed by atoms with E-state index in [2.05, 4.69) is 11.6 Å².